The first-order valence-corrected chi connectivity index (χ1v) is 10.1. The second kappa shape index (κ2) is 8.77. The molecule has 7 nitrogen and oxygen atoms in total. The summed E-state index contributed by atoms with van der Waals surface area (Å²) in [6.07, 6.45) is -0.436. The minimum atomic E-state index is -2.78. The van der Waals surface area contributed by atoms with E-state index in [1.165, 1.54) is 4.90 Å². The van der Waals surface area contributed by atoms with Gasteiger partial charge in [0.15, 0.2) is 11.6 Å². The summed E-state index contributed by atoms with van der Waals surface area (Å²) in [4.78, 5) is 10.3. The van der Waals surface area contributed by atoms with E-state index in [-0.39, 0.29) is 36.6 Å². The van der Waals surface area contributed by atoms with E-state index in [1.807, 2.05) is 56.2 Å². The first kappa shape index (κ1) is 22.3. The monoisotopic (exact) mass is 440 g/mol. The highest BCUT2D eigenvalue weighted by molar-refractivity contribution is 6.31. The molecule has 1 aliphatic heterocycles. The predicted molar refractivity (Wildman–Crippen MR) is 115 cm³/mol. The second-order valence-corrected chi connectivity index (χ2v) is 8.16. The van der Waals surface area contributed by atoms with Crippen LogP contribution in [0.5, 0.6) is 6.01 Å². The third-order valence-corrected chi connectivity index (χ3v) is 5.07. The van der Waals surface area contributed by atoms with Gasteiger partial charge in [-0.2, -0.15) is 9.97 Å². The zero-order valence-electron chi connectivity index (χ0n) is 17.6. The number of hydrogen-bond acceptors (Lipinski definition) is 7. The van der Waals surface area contributed by atoms with Gasteiger partial charge in [-0.05, 0) is 25.5 Å². The number of nitrogens with zero attached hydrogens (tertiary/aromatic N) is 5. The Balaban J connectivity index is 2.06. The maximum absolute atomic E-state index is 13.9. The first-order chi connectivity index (χ1) is 14.1. The van der Waals surface area contributed by atoms with E-state index < -0.39 is 12.5 Å². The van der Waals surface area contributed by atoms with Gasteiger partial charge in [0, 0.05) is 32.1 Å². The van der Waals surface area contributed by atoms with Crippen LogP contribution in [0.25, 0.3) is 0 Å². The summed E-state index contributed by atoms with van der Waals surface area (Å²) in [7, 11) is 3.68. The Kier molecular flexibility index (Phi) is 6.52. The first-order valence-electron chi connectivity index (χ1n) is 9.72. The lowest BCUT2D eigenvalue weighted by molar-refractivity contribution is 0.0256. The van der Waals surface area contributed by atoms with Gasteiger partial charge in [0.25, 0.3) is 5.92 Å². The molecule has 2 heterocycles. The Morgan fingerprint density at radius 2 is 1.97 bits per heavy atom. The zero-order chi connectivity index (χ0) is 22.1. The SMILES string of the molecule is CC(C)Oc1nc(N2CCC(F)(F)C2)c(N)c(N(Cc2ccccc2Cl)N(C)C)n1. The fourth-order valence-electron chi connectivity index (χ4n) is 3.24. The molecule has 0 spiro atoms. The normalized spacial score (nSPS) is 15.8. The number of hydrazine groups is 1. The van der Waals surface area contributed by atoms with E-state index in [1.54, 1.807) is 6.07 Å². The predicted octanol–water partition coefficient (Wildman–Crippen LogP) is 3.83. The van der Waals surface area contributed by atoms with Gasteiger partial charge in [0.05, 0.1) is 19.2 Å². The second-order valence-electron chi connectivity index (χ2n) is 7.76. The summed E-state index contributed by atoms with van der Waals surface area (Å²) in [5.74, 6) is -2.16. The van der Waals surface area contributed by atoms with E-state index in [4.69, 9.17) is 22.1 Å². The molecule has 0 aliphatic carbocycles. The molecule has 0 atom stereocenters. The van der Waals surface area contributed by atoms with Crippen molar-refractivity contribution in [1.82, 2.24) is 15.0 Å². The largest absolute Gasteiger partial charge is 0.461 e. The number of alkyl halides is 2. The molecular weight excluding hydrogens is 414 g/mol. The maximum Gasteiger partial charge on any atom is 0.320 e. The quantitative estimate of drug-likeness (QED) is 0.656. The molecule has 0 amide bonds. The van der Waals surface area contributed by atoms with Crippen molar-refractivity contribution in [3.63, 3.8) is 0 Å². The fraction of sp³-hybridized carbons (Fsp3) is 0.500. The van der Waals surface area contributed by atoms with E-state index in [2.05, 4.69) is 9.97 Å². The smallest absolute Gasteiger partial charge is 0.320 e. The highest BCUT2D eigenvalue weighted by atomic mass is 35.5. The molecule has 0 bridgehead atoms. The minimum Gasteiger partial charge on any atom is -0.461 e. The lowest BCUT2D eigenvalue weighted by Gasteiger charge is -2.32. The molecule has 1 aliphatic rings. The Hall–Kier alpha value is -2.39. The highest BCUT2D eigenvalue weighted by Gasteiger charge is 2.40. The van der Waals surface area contributed by atoms with Crippen molar-refractivity contribution in [3.05, 3.63) is 34.9 Å². The summed E-state index contributed by atoms with van der Waals surface area (Å²) in [6.45, 7) is 3.78. The molecule has 30 heavy (non-hydrogen) atoms. The maximum atomic E-state index is 13.9. The van der Waals surface area contributed by atoms with Crippen LogP contribution in [-0.2, 0) is 6.54 Å². The Morgan fingerprint density at radius 3 is 2.53 bits per heavy atom. The molecule has 1 fully saturated rings. The summed E-state index contributed by atoms with van der Waals surface area (Å²) >= 11 is 6.34. The van der Waals surface area contributed by atoms with Gasteiger partial charge in [-0.1, -0.05) is 29.8 Å². The summed E-state index contributed by atoms with van der Waals surface area (Å²) in [6, 6.07) is 7.54. The van der Waals surface area contributed by atoms with Crippen LogP contribution < -0.4 is 20.4 Å². The van der Waals surface area contributed by atoms with Gasteiger partial charge in [0.1, 0.15) is 5.69 Å². The summed E-state index contributed by atoms with van der Waals surface area (Å²) in [5, 5.41) is 4.22. The fourth-order valence-corrected chi connectivity index (χ4v) is 3.43. The third-order valence-electron chi connectivity index (χ3n) is 4.70. The van der Waals surface area contributed by atoms with Gasteiger partial charge in [-0.3, -0.25) is 5.01 Å². The average molecular weight is 441 g/mol. The van der Waals surface area contributed by atoms with Gasteiger partial charge in [-0.25, -0.2) is 13.8 Å². The van der Waals surface area contributed by atoms with Crippen molar-refractivity contribution in [3.8, 4) is 6.01 Å². The van der Waals surface area contributed by atoms with Gasteiger partial charge in [0.2, 0.25) is 0 Å². The van der Waals surface area contributed by atoms with E-state index >= 15 is 0 Å². The molecule has 1 saturated heterocycles. The van der Waals surface area contributed by atoms with Gasteiger partial charge < -0.3 is 15.4 Å². The van der Waals surface area contributed by atoms with Crippen LogP contribution in [0.15, 0.2) is 24.3 Å². The number of aromatic nitrogens is 2. The third kappa shape index (κ3) is 5.02. The summed E-state index contributed by atoms with van der Waals surface area (Å²) in [5.41, 5.74) is 7.49. The number of benzene rings is 1. The van der Waals surface area contributed by atoms with Crippen molar-refractivity contribution in [1.29, 1.82) is 0 Å². The van der Waals surface area contributed by atoms with E-state index in [0.29, 0.717) is 17.4 Å². The van der Waals surface area contributed by atoms with E-state index in [9.17, 15) is 8.78 Å². The van der Waals surface area contributed by atoms with Gasteiger partial charge in [-0.15, -0.1) is 0 Å². The van der Waals surface area contributed by atoms with Crippen LogP contribution in [0.3, 0.4) is 0 Å². The molecule has 164 valence electrons. The standard InChI is InChI=1S/C20H27ClF2N6O/c1-13(2)30-19-25-17(28-10-9-20(22,23)12-28)16(24)18(26-19)29(27(3)4)11-14-7-5-6-8-15(14)21/h5-8,13H,9-12,24H2,1-4H3. The Labute approximate surface area is 180 Å². The van der Waals surface area contributed by atoms with Crippen LogP contribution >= 0.6 is 11.6 Å². The van der Waals surface area contributed by atoms with Crippen molar-refractivity contribution >= 4 is 28.9 Å². The number of halogens is 3. The average Bonchev–Trinajstić information content (AvgIpc) is 3.01. The van der Waals surface area contributed by atoms with Crippen LogP contribution in [-0.4, -0.2) is 54.2 Å². The molecule has 1 aromatic heterocycles. The van der Waals surface area contributed by atoms with Crippen molar-refractivity contribution in [2.45, 2.75) is 38.8 Å². The molecular formula is C20H27ClF2N6O. The molecule has 0 radical (unpaired) electrons. The van der Waals surface area contributed by atoms with Gasteiger partial charge >= 0.3 is 6.01 Å². The molecule has 2 N–H and O–H groups in total. The molecule has 0 unspecified atom stereocenters. The minimum absolute atomic E-state index is 0.0884. The van der Waals surface area contributed by atoms with Crippen LogP contribution in [0.2, 0.25) is 5.02 Å². The van der Waals surface area contributed by atoms with Crippen LogP contribution in [0, 0.1) is 0 Å². The van der Waals surface area contributed by atoms with Crippen molar-refractivity contribution < 1.29 is 13.5 Å². The van der Waals surface area contributed by atoms with Crippen molar-refractivity contribution in [2.75, 3.05) is 42.8 Å². The number of nitrogens with two attached hydrogens (primary N) is 1. The number of rotatable bonds is 7. The zero-order valence-corrected chi connectivity index (χ0v) is 18.3. The molecule has 0 saturated carbocycles. The molecule has 1 aromatic carbocycles. The lowest BCUT2D eigenvalue weighted by Crippen LogP contribution is -2.38. The molecule has 10 heteroatoms. The van der Waals surface area contributed by atoms with Crippen LogP contribution in [0.4, 0.5) is 26.1 Å². The summed E-state index contributed by atoms with van der Waals surface area (Å²) < 4.78 is 33.4. The van der Waals surface area contributed by atoms with Crippen LogP contribution in [0.1, 0.15) is 25.8 Å². The topological polar surface area (TPSA) is 70.8 Å². The number of nitrogen functional groups attached to an aromatic ring is 1. The molecule has 3 rings (SSSR count). The van der Waals surface area contributed by atoms with Crippen molar-refractivity contribution in [2.24, 2.45) is 0 Å². The number of anilines is 3. The Morgan fingerprint density at radius 1 is 1.27 bits per heavy atom. The Bertz CT molecular complexity index is 896. The lowest BCUT2D eigenvalue weighted by atomic mass is 10.2. The molecule has 2 aromatic rings. The number of ether oxygens (including phenoxy) is 1. The highest BCUT2D eigenvalue weighted by Crippen LogP contribution is 2.38. The van der Waals surface area contributed by atoms with E-state index in [0.717, 1.165) is 5.56 Å². The number of hydrogen-bond donors (Lipinski definition) is 1.